The summed E-state index contributed by atoms with van der Waals surface area (Å²) in [5.74, 6) is 0.632. The van der Waals surface area contributed by atoms with E-state index < -0.39 is 5.60 Å². The minimum absolute atomic E-state index is 0.542. The molecule has 0 fully saturated rings. The summed E-state index contributed by atoms with van der Waals surface area (Å²) in [7, 11) is 0. The van der Waals surface area contributed by atoms with E-state index in [4.69, 9.17) is 28.2 Å². The van der Waals surface area contributed by atoms with Gasteiger partial charge in [0.25, 0.3) is 0 Å². The summed E-state index contributed by atoms with van der Waals surface area (Å²) in [5.41, 5.74) is 4.14. The second kappa shape index (κ2) is 7.92. The van der Waals surface area contributed by atoms with Gasteiger partial charge in [0.1, 0.15) is 11.4 Å². The number of nitrogens with zero attached hydrogens (tertiary/aromatic N) is 2. The highest BCUT2D eigenvalue weighted by molar-refractivity contribution is 6.34. The minimum Gasteiger partial charge on any atom is -0.384 e. The van der Waals surface area contributed by atoms with Crippen LogP contribution < -0.4 is 0 Å². The van der Waals surface area contributed by atoms with Crippen LogP contribution in [0, 0.1) is 6.92 Å². The van der Waals surface area contributed by atoms with E-state index in [0.717, 1.165) is 27.9 Å². The highest BCUT2D eigenvalue weighted by Gasteiger charge is 2.25. The van der Waals surface area contributed by atoms with Crippen molar-refractivity contribution in [3.63, 3.8) is 0 Å². The van der Waals surface area contributed by atoms with E-state index in [1.807, 2.05) is 84.4 Å². The first-order valence-electron chi connectivity index (χ1n) is 9.69. The van der Waals surface area contributed by atoms with E-state index in [1.165, 1.54) is 0 Å². The molecule has 0 aliphatic rings. The molecule has 1 heterocycles. The van der Waals surface area contributed by atoms with Crippen molar-refractivity contribution >= 4 is 23.2 Å². The molecule has 0 saturated heterocycles. The molecule has 0 unspecified atom stereocenters. The van der Waals surface area contributed by atoms with Gasteiger partial charge in [0.15, 0.2) is 0 Å². The number of aliphatic hydroxyl groups is 1. The van der Waals surface area contributed by atoms with Gasteiger partial charge in [-0.25, -0.2) is 4.98 Å². The van der Waals surface area contributed by atoms with Gasteiger partial charge < -0.3 is 5.11 Å². The van der Waals surface area contributed by atoms with Crippen molar-refractivity contribution in [2.75, 3.05) is 0 Å². The SMILES string of the molecule is Cc1cccc(Cl)c1-n1cc(C(C)(C)O)nc1-c1ccc(-c2ccccc2)cc1Cl. The lowest BCUT2D eigenvalue weighted by Crippen LogP contribution is -2.15. The highest BCUT2D eigenvalue weighted by Crippen LogP contribution is 2.36. The summed E-state index contributed by atoms with van der Waals surface area (Å²) in [4.78, 5) is 4.74. The quantitative estimate of drug-likeness (QED) is 0.372. The highest BCUT2D eigenvalue weighted by atomic mass is 35.5. The smallest absolute Gasteiger partial charge is 0.146 e. The van der Waals surface area contributed by atoms with Crippen LogP contribution in [0.4, 0.5) is 0 Å². The molecule has 3 aromatic carbocycles. The third kappa shape index (κ3) is 3.89. The van der Waals surface area contributed by atoms with E-state index in [-0.39, 0.29) is 0 Å². The fourth-order valence-electron chi connectivity index (χ4n) is 3.47. The molecule has 3 nitrogen and oxygen atoms in total. The molecule has 0 saturated carbocycles. The Hall–Kier alpha value is -2.59. The Balaban J connectivity index is 1.92. The molecular formula is C25H22Cl2N2O. The first-order chi connectivity index (χ1) is 14.3. The lowest BCUT2D eigenvalue weighted by atomic mass is 10.0. The van der Waals surface area contributed by atoms with Crippen molar-refractivity contribution in [1.29, 1.82) is 0 Å². The van der Waals surface area contributed by atoms with E-state index in [0.29, 0.717) is 21.6 Å². The second-order valence-electron chi connectivity index (χ2n) is 7.84. The van der Waals surface area contributed by atoms with Gasteiger partial charge >= 0.3 is 0 Å². The molecule has 0 bridgehead atoms. The Morgan fingerprint density at radius 1 is 0.867 bits per heavy atom. The number of aromatic nitrogens is 2. The van der Waals surface area contributed by atoms with Crippen molar-refractivity contribution in [1.82, 2.24) is 9.55 Å². The topological polar surface area (TPSA) is 38.0 Å². The fraction of sp³-hybridized carbons (Fsp3) is 0.160. The van der Waals surface area contributed by atoms with Gasteiger partial charge in [0.2, 0.25) is 0 Å². The molecule has 0 radical (unpaired) electrons. The Morgan fingerprint density at radius 2 is 1.60 bits per heavy atom. The molecule has 30 heavy (non-hydrogen) atoms. The van der Waals surface area contributed by atoms with Gasteiger partial charge in [-0.3, -0.25) is 4.57 Å². The molecule has 0 atom stereocenters. The Kier molecular flexibility index (Phi) is 5.46. The van der Waals surface area contributed by atoms with E-state index >= 15 is 0 Å². The maximum absolute atomic E-state index is 10.6. The normalized spacial score (nSPS) is 11.7. The summed E-state index contributed by atoms with van der Waals surface area (Å²) >= 11 is 13.3. The average molecular weight is 437 g/mol. The zero-order valence-corrected chi connectivity index (χ0v) is 18.5. The van der Waals surface area contributed by atoms with Crippen molar-refractivity contribution in [3.8, 4) is 28.2 Å². The third-order valence-corrected chi connectivity index (χ3v) is 5.70. The van der Waals surface area contributed by atoms with E-state index in [2.05, 4.69) is 0 Å². The number of rotatable bonds is 4. The lowest BCUT2D eigenvalue weighted by Gasteiger charge is -2.14. The first-order valence-corrected chi connectivity index (χ1v) is 10.4. The fourth-order valence-corrected chi connectivity index (χ4v) is 4.05. The van der Waals surface area contributed by atoms with E-state index in [1.54, 1.807) is 13.8 Å². The molecule has 4 rings (SSSR count). The van der Waals surface area contributed by atoms with Crippen LogP contribution in [0.1, 0.15) is 25.1 Å². The molecule has 1 N–H and O–H groups in total. The van der Waals surface area contributed by atoms with Crippen molar-refractivity contribution in [2.45, 2.75) is 26.4 Å². The number of aryl methyl sites for hydroxylation is 1. The van der Waals surface area contributed by atoms with Gasteiger partial charge in [-0.05, 0) is 55.7 Å². The predicted molar refractivity (Wildman–Crippen MR) is 124 cm³/mol. The van der Waals surface area contributed by atoms with Gasteiger partial charge in [0.05, 0.1) is 21.4 Å². The summed E-state index contributed by atoms with van der Waals surface area (Å²) in [6, 6.07) is 21.8. The molecule has 0 aliphatic carbocycles. The van der Waals surface area contributed by atoms with Gasteiger partial charge in [-0.2, -0.15) is 0 Å². The molecule has 152 valence electrons. The van der Waals surface area contributed by atoms with Gasteiger partial charge in [-0.1, -0.05) is 71.7 Å². The van der Waals surface area contributed by atoms with Gasteiger partial charge in [-0.15, -0.1) is 0 Å². The van der Waals surface area contributed by atoms with Crippen LogP contribution >= 0.6 is 23.2 Å². The number of halogens is 2. The van der Waals surface area contributed by atoms with Crippen LogP contribution in [0.2, 0.25) is 10.0 Å². The largest absolute Gasteiger partial charge is 0.384 e. The molecular weight excluding hydrogens is 415 g/mol. The van der Waals surface area contributed by atoms with Gasteiger partial charge in [0, 0.05) is 11.8 Å². The predicted octanol–water partition coefficient (Wildman–Crippen LogP) is 7.05. The first kappa shape index (κ1) is 20.7. The molecule has 0 spiro atoms. The summed E-state index contributed by atoms with van der Waals surface area (Å²) in [6.07, 6.45) is 1.82. The number of hydrogen-bond donors (Lipinski definition) is 1. The van der Waals surface area contributed by atoms with Crippen LogP contribution in [-0.2, 0) is 5.60 Å². The second-order valence-corrected chi connectivity index (χ2v) is 8.66. The average Bonchev–Trinajstić information content (AvgIpc) is 3.13. The number of hydrogen-bond acceptors (Lipinski definition) is 2. The number of benzene rings is 3. The molecule has 1 aromatic heterocycles. The number of para-hydroxylation sites is 1. The molecule has 5 heteroatoms. The third-order valence-electron chi connectivity index (χ3n) is 5.08. The standard InChI is InChI=1S/C25H22Cl2N2O/c1-16-8-7-11-20(26)23(16)29-15-22(25(2,3)30)28-24(29)19-13-12-18(14-21(19)27)17-9-5-4-6-10-17/h4-15,30H,1-3H3. The molecule has 0 aliphatic heterocycles. The Labute approximate surface area is 186 Å². The Bertz CT molecular complexity index is 1190. The molecule has 4 aromatic rings. The summed E-state index contributed by atoms with van der Waals surface area (Å²) < 4.78 is 1.91. The Morgan fingerprint density at radius 3 is 2.23 bits per heavy atom. The zero-order valence-electron chi connectivity index (χ0n) is 17.0. The van der Waals surface area contributed by atoms with Crippen LogP contribution in [0.3, 0.4) is 0 Å². The lowest BCUT2D eigenvalue weighted by molar-refractivity contribution is 0.0743. The number of imidazole rings is 1. The van der Waals surface area contributed by atoms with Crippen LogP contribution in [0.5, 0.6) is 0 Å². The maximum Gasteiger partial charge on any atom is 0.146 e. The van der Waals surface area contributed by atoms with Crippen LogP contribution in [-0.4, -0.2) is 14.7 Å². The maximum atomic E-state index is 10.6. The van der Waals surface area contributed by atoms with Crippen molar-refractivity contribution in [2.24, 2.45) is 0 Å². The van der Waals surface area contributed by atoms with E-state index in [9.17, 15) is 5.11 Å². The van der Waals surface area contributed by atoms with Crippen LogP contribution in [0.25, 0.3) is 28.2 Å². The van der Waals surface area contributed by atoms with Crippen molar-refractivity contribution < 1.29 is 5.11 Å². The van der Waals surface area contributed by atoms with Crippen LogP contribution in [0.15, 0.2) is 72.9 Å². The minimum atomic E-state index is -1.11. The monoisotopic (exact) mass is 436 g/mol. The molecule has 0 amide bonds. The summed E-state index contributed by atoms with van der Waals surface area (Å²) in [5, 5.41) is 11.8. The van der Waals surface area contributed by atoms with Crippen molar-refractivity contribution in [3.05, 3.63) is 94.2 Å². The zero-order chi connectivity index (χ0) is 21.5. The summed E-state index contributed by atoms with van der Waals surface area (Å²) in [6.45, 7) is 5.42.